The number of hydrogen-bond donors (Lipinski definition) is 5. The molecule has 0 aromatic carbocycles. The van der Waals surface area contributed by atoms with Crippen LogP contribution in [-0.4, -0.2) is 52.0 Å². The first-order valence-electron chi connectivity index (χ1n) is 5.94. The molecule has 0 fully saturated rings. The molecule has 1 aliphatic carbocycles. The van der Waals surface area contributed by atoms with Crippen LogP contribution in [0.3, 0.4) is 0 Å². The molecule has 20 heavy (non-hydrogen) atoms. The monoisotopic (exact) mass is 284 g/mol. The summed E-state index contributed by atoms with van der Waals surface area (Å²) >= 11 is 0. The van der Waals surface area contributed by atoms with E-state index in [2.05, 4.69) is 5.32 Å². The van der Waals surface area contributed by atoms with E-state index in [9.17, 15) is 24.6 Å². The normalized spacial score (nSPS) is 17.0. The van der Waals surface area contributed by atoms with Gasteiger partial charge in [-0.3, -0.25) is 14.4 Å². The Morgan fingerprint density at radius 2 is 2.00 bits per heavy atom. The second-order valence-electron chi connectivity index (χ2n) is 4.23. The van der Waals surface area contributed by atoms with E-state index in [-0.39, 0.29) is 25.0 Å². The second-order valence-corrected chi connectivity index (χ2v) is 4.23. The van der Waals surface area contributed by atoms with Gasteiger partial charge in [0.2, 0.25) is 17.5 Å². The number of amides is 1. The van der Waals surface area contributed by atoms with Crippen LogP contribution in [0.15, 0.2) is 23.2 Å². The van der Waals surface area contributed by atoms with Crippen LogP contribution in [0.2, 0.25) is 0 Å². The number of carbonyl (C=O) groups excluding carboxylic acids is 3. The van der Waals surface area contributed by atoms with E-state index in [1.807, 2.05) is 0 Å². The van der Waals surface area contributed by atoms with Gasteiger partial charge >= 0.3 is 0 Å². The van der Waals surface area contributed by atoms with E-state index in [4.69, 9.17) is 10.8 Å². The Kier molecular flexibility index (Phi) is 5.42. The topological polar surface area (TPSA) is 150 Å². The zero-order valence-corrected chi connectivity index (χ0v) is 10.6. The number of hydrogen-bond acceptors (Lipinski definition) is 7. The van der Waals surface area contributed by atoms with Gasteiger partial charge in [0, 0.05) is 18.2 Å². The highest BCUT2D eigenvalue weighted by molar-refractivity contribution is 6.20. The zero-order valence-electron chi connectivity index (χ0n) is 10.6. The van der Waals surface area contributed by atoms with Gasteiger partial charge in [-0.05, 0) is 12.8 Å². The average molecular weight is 284 g/mol. The smallest absolute Gasteiger partial charge is 0.239 e. The Balaban J connectivity index is 2.50. The van der Waals surface area contributed by atoms with Crippen LogP contribution >= 0.6 is 0 Å². The summed E-state index contributed by atoms with van der Waals surface area (Å²) in [4.78, 5) is 34.0. The van der Waals surface area contributed by atoms with E-state index >= 15 is 0 Å². The van der Waals surface area contributed by atoms with Crippen molar-refractivity contribution in [3.05, 3.63) is 23.2 Å². The first-order chi connectivity index (χ1) is 9.38. The number of rotatable bonds is 6. The van der Waals surface area contributed by atoms with Gasteiger partial charge in [-0.25, -0.2) is 0 Å². The van der Waals surface area contributed by atoms with Crippen LogP contribution in [-0.2, 0) is 14.4 Å². The van der Waals surface area contributed by atoms with Gasteiger partial charge in [0.15, 0.2) is 11.5 Å². The molecule has 8 nitrogen and oxygen atoms in total. The van der Waals surface area contributed by atoms with Crippen molar-refractivity contribution in [2.24, 2.45) is 5.73 Å². The lowest BCUT2D eigenvalue weighted by molar-refractivity contribution is -0.123. The number of nitrogens with one attached hydrogen (secondary N) is 1. The Morgan fingerprint density at radius 1 is 1.35 bits per heavy atom. The SMILES string of the molecule is N[C@@H](CO)C(=O)NCCCC1=C(O)C(=O)C=C(O)C1=O. The van der Waals surface area contributed by atoms with Crippen LogP contribution in [0.4, 0.5) is 0 Å². The highest BCUT2D eigenvalue weighted by Gasteiger charge is 2.27. The lowest BCUT2D eigenvalue weighted by atomic mass is 9.96. The van der Waals surface area contributed by atoms with Crippen LogP contribution in [0.25, 0.3) is 0 Å². The van der Waals surface area contributed by atoms with Gasteiger partial charge in [-0.1, -0.05) is 0 Å². The number of Topliss-reactive ketones (excluding diaryl/α,β-unsaturated/α-hetero) is 1. The van der Waals surface area contributed by atoms with Crippen molar-refractivity contribution in [3.8, 4) is 0 Å². The van der Waals surface area contributed by atoms with Gasteiger partial charge in [-0.2, -0.15) is 0 Å². The molecule has 0 saturated carbocycles. The predicted molar refractivity (Wildman–Crippen MR) is 67.7 cm³/mol. The van der Waals surface area contributed by atoms with Gasteiger partial charge in [0.05, 0.1) is 6.61 Å². The van der Waals surface area contributed by atoms with Gasteiger partial charge in [0.25, 0.3) is 0 Å². The molecule has 0 aliphatic heterocycles. The molecule has 0 unspecified atom stereocenters. The van der Waals surface area contributed by atoms with Crippen molar-refractivity contribution in [1.82, 2.24) is 5.32 Å². The number of nitrogens with two attached hydrogens (primary N) is 1. The molecule has 0 radical (unpaired) electrons. The molecule has 1 amide bonds. The molecule has 0 heterocycles. The van der Waals surface area contributed by atoms with Crippen molar-refractivity contribution in [1.29, 1.82) is 0 Å². The maximum atomic E-state index is 11.5. The minimum absolute atomic E-state index is 0.0168. The van der Waals surface area contributed by atoms with E-state index in [0.717, 1.165) is 0 Å². The van der Waals surface area contributed by atoms with Gasteiger partial charge in [-0.15, -0.1) is 0 Å². The number of allylic oxidation sites excluding steroid dienone is 2. The Hall–Kier alpha value is -2.19. The first-order valence-corrected chi connectivity index (χ1v) is 5.94. The fourth-order valence-corrected chi connectivity index (χ4v) is 1.59. The summed E-state index contributed by atoms with van der Waals surface area (Å²) in [6.07, 6.45) is 0.932. The summed E-state index contributed by atoms with van der Waals surface area (Å²) in [7, 11) is 0. The molecule has 1 atom stereocenters. The van der Waals surface area contributed by atoms with Gasteiger partial charge < -0.3 is 26.4 Å². The van der Waals surface area contributed by atoms with E-state index in [1.54, 1.807) is 0 Å². The van der Waals surface area contributed by atoms with Gasteiger partial charge in [0.1, 0.15) is 6.04 Å². The van der Waals surface area contributed by atoms with Crippen LogP contribution in [0.5, 0.6) is 0 Å². The summed E-state index contributed by atoms with van der Waals surface area (Å²) in [5.74, 6) is -3.58. The fraction of sp³-hybridized carbons (Fsp3) is 0.417. The van der Waals surface area contributed by atoms with Crippen molar-refractivity contribution in [2.45, 2.75) is 18.9 Å². The molecular formula is C12H16N2O6. The zero-order chi connectivity index (χ0) is 15.3. The Labute approximate surface area is 114 Å². The summed E-state index contributed by atoms with van der Waals surface area (Å²) in [5, 5.41) is 29.8. The largest absolute Gasteiger partial charge is 0.504 e. The number of aliphatic hydroxyl groups excluding tert-OH is 3. The number of ketones is 2. The minimum Gasteiger partial charge on any atom is -0.504 e. The molecule has 0 aromatic heterocycles. The van der Waals surface area contributed by atoms with E-state index in [0.29, 0.717) is 6.08 Å². The highest BCUT2D eigenvalue weighted by atomic mass is 16.3. The van der Waals surface area contributed by atoms with E-state index in [1.165, 1.54) is 0 Å². The third-order valence-electron chi connectivity index (χ3n) is 2.73. The highest BCUT2D eigenvalue weighted by Crippen LogP contribution is 2.20. The molecule has 8 heteroatoms. The molecule has 0 saturated heterocycles. The lowest BCUT2D eigenvalue weighted by Gasteiger charge is -2.13. The first kappa shape index (κ1) is 15.9. The standard InChI is InChI=1S/C12H16N2O6/c13-7(5-15)12(20)14-3-1-2-6-10(18)8(16)4-9(17)11(6)19/h4,7,15-16,19H,1-3,5,13H2,(H,14,20)/t7-/m0/s1. The minimum atomic E-state index is -1.02. The molecular weight excluding hydrogens is 268 g/mol. The quantitative estimate of drug-likeness (QED) is 0.297. The Bertz CT molecular complexity index is 494. The fourth-order valence-electron chi connectivity index (χ4n) is 1.59. The third kappa shape index (κ3) is 3.65. The number of carbonyl (C=O) groups is 3. The average Bonchev–Trinajstić information content (AvgIpc) is 2.43. The molecule has 1 aliphatic rings. The molecule has 0 bridgehead atoms. The van der Waals surface area contributed by atoms with Crippen molar-refractivity contribution in [3.63, 3.8) is 0 Å². The molecule has 0 spiro atoms. The summed E-state index contributed by atoms with van der Waals surface area (Å²) in [6, 6.07) is -1.02. The molecule has 110 valence electrons. The number of aliphatic hydroxyl groups is 3. The molecule has 1 rings (SSSR count). The maximum Gasteiger partial charge on any atom is 0.239 e. The maximum absolute atomic E-state index is 11.5. The lowest BCUT2D eigenvalue weighted by Crippen LogP contribution is -2.43. The molecule has 0 aromatic rings. The van der Waals surface area contributed by atoms with Crippen LogP contribution in [0.1, 0.15) is 12.8 Å². The van der Waals surface area contributed by atoms with E-state index < -0.39 is 41.6 Å². The van der Waals surface area contributed by atoms with Crippen molar-refractivity contribution >= 4 is 17.5 Å². The van der Waals surface area contributed by atoms with Crippen LogP contribution in [0, 0.1) is 0 Å². The third-order valence-corrected chi connectivity index (χ3v) is 2.73. The van der Waals surface area contributed by atoms with Crippen molar-refractivity contribution in [2.75, 3.05) is 13.2 Å². The molecule has 6 N–H and O–H groups in total. The van der Waals surface area contributed by atoms with Crippen LogP contribution < -0.4 is 11.1 Å². The Morgan fingerprint density at radius 3 is 2.60 bits per heavy atom. The second kappa shape index (κ2) is 6.83. The van der Waals surface area contributed by atoms with Crippen molar-refractivity contribution < 1.29 is 29.7 Å². The summed E-state index contributed by atoms with van der Waals surface area (Å²) in [6.45, 7) is -0.335. The predicted octanol–water partition coefficient (Wildman–Crippen LogP) is -1.39. The summed E-state index contributed by atoms with van der Waals surface area (Å²) < 4.78 is 0. The summed E-state index contributed by atoms with van der Waals surface area (Å²) in [5.41, 5.74) is 5.09.